The fourth-order valence-corrected chi connectivity index (χ4v) is 5.36. The maximum atomic E-state index is 13.7. The van der Waals surface area contributed by atoms with Crippen molar-refractivity contribution in [2.45, 2.75) is 59.4 Å². The maximum absolute atomic E-state index is 13.7. The Balaban J connectivity index is 1.71. The Morgan fingerprint density at radius 2 is 1.71 bits per heavy atom. The van der Waals surface area contributed by atoms with Crippen LogP contribution in [0.5, 0.6) is 11.5 Å². The second kappa shape index (κ2) is 14.7. The average Bonchev–Trinajstić information content (AvgIpc) is 3.29. The summed E-state index contributed by atoms with van der Waals surface area (Å²) in [6, 6.07) is 5.44. The molecule has 1 saturated carbocycles. The molecule has 0 unspecified atom stereocenters. The van der Waals surface area contributed by atoms with Crippen LogP contribution in [0, 0.1) is 23.7 Å². The van der Waals surface area contributed by atoms with Crippen molar-refractivity contribution in [1.29, 1.82) is 0 Å². The van der Waals surface area contributed by atoms with Crippen LogP contribution in [0.2, 0.25) is 0 Å². The van der Waals surface area contributed by atoms with Crippen LogP contribution in [0.4, 0.5) is 0 Å². The van der Waals surface area contributed by atoms with Gasteiger partial charge in [-0.2, -0.15) is 0 Å². The lowest BCUT2D eigenvalue weighted by atomic mass is 9.83. The molecule has 0 bridgehead atoms. The van der Waals surface area contributed by atoms with Gasteiger partial charge in [0.15, 0.2) is 11.5 Å². The van der Waals surface area contributed by atoms with Crippen LogP contribution in [0.15, 0.2) is 18.2 Å². The molecule has 2 atom stereocenters. The van der Waals surface area contributed by atoms with E-state index in [9.17, 15) is 9.59 Å². The molecule has 0 spiro atoms. The zero-order chi connectivity index (χ0) is 27.7. The predicted molar refractivity (Wildman–Crippen MR) is 150 cm³/mol. The molecule has 2 aliphatic rings. The minimum atomic E-state index is -0.0142. The lowest BCUT2D eigenvalue weighted by molar-refractivity contribution is -0.139. The van der Waals surface area contributed by atoms with E-state index in [4.69, 9.17) is 14.2 Å². The Kier molecular flexibility index (Phi) is 11.7. The predicted octanol–water partition coefficient (Wildman–Crippen LogP) is 4.08. The first-order valence-corrected chi connectivity index (χ1v) is 14.3. The number of ether oxygens (including phenoxy) is 3. The number of nitrogens with one attached hydrogen (secondary N) is 1. The summed E-state index contributed by atoms with van der Waals surface area (Å²) in [6.07, 6.45) is 3.96. The molecular weight excluding hydrogens is 482 g/mol. The molecule has 1 aromatic carbocycles. The molecule has 8 heteroatoms. The molecule has 2 fully saturated rings. The Labute approximate surface area is 229 Å². The number of methoxy groups -OCH3 is 2. The number of amides is 2. The third kappa shape index (κ3) is 8.09. The zero-order valence-electron chi connectivity index (χ0n) is 24.3. The monoisotopic (exact) mass is 531 g/mol. The first kappa shape index (κ1) is 30.2. The second-order valence-corrected chi connectivity index (χ2v) is 11.6. The summed E-state index contributed by atoms with van der Waals surface area (Å²) in [6.45, 7) is 13.5. The molecule has 1 aromatic rings. The number of carbonyl (C=O) groups excluding carboxylic acids is 2. The second-order valence-electron chi connectivity index (χ2n) is 11.6. The molecule has 3 rings (SSSR count). The first-order chi connectivity index (χ1) is 18.2. The van der Waals surface area contributed by atoms with E-state index in [1.54, 1.807) is 26.4 Å². The maximum Gasteiger partial charge on any atom is 0.254 e. The SMILES string of the molecule is COCCCOc1cc(C(=O)N(C[C@@H]2CNC[C@H]2CN(CC(C)C)C(=O)C2CCC2)C(C)C)ccc1OC. The summed E-state index contributed by atoms with van der Waals surface area (Å²) in [5.74, 6) is 2.73. The van der Waals surface area contributed by atoms with E-state index in [-0.39, 0.29) is 23.8 Å². The number of carbonyl (C=O) groups is 2. The van der Waals surface area contributed by atoms with Gasteiger partial charge >= 0.3 is 0 Å². The Hall–Kier alpha value is -2.32. The van der Waals surface area contributed by atoms with Gasteiger partial charge in [0, 0.05) is 70.4 Å². The average molecular weight is 532 g/mol. The summed E-state index contributed by atoms with van der Waals surface area (Å²) in [4.78, 5) is 31.0. The van der Waals surface area contributed by atoms with E-state index in [1.165, 1.54) is 0 Å². The van der Waals surface area contributed by atoms with Gasteiger partial charge in [-0.3, -0.25) is 9.59 Å². The number of rotatable bonds is 15. The summed E-state index contributed by atoms with van der Waals surface area (Å²) < 4.78 is 16.5. The van der Waals surface area contributed by atoms with Gasteiger partial charge in [-0.1, -0.05) is 20.3 Å². The van der Waals surface area contributed by atoms with Crippen LogP contribution >= 0.6 is 0 Å². The van der Waals surface area contributed by atoms with E-state index in [0.29, 0.717) is 54.6 Å². The van der Waals surface area contributed by atoms with Crippen LogP contribution in [-0.2, 0) is 9.53 Å². The number of nitrogens with zero attached hydrogens (tertiary/aromatic N) is 2. The van der Waals surface area contributed by atoms with Crippen LogP contribution < -0.4 is 14.8 Å². The van der Waals surface area contributed by atoms with Gasteiger partial charge in [0.05, 0.1) is 13.7 Å². The van der Waals surface area contributed by atoms with Crippen LogP contribution in [-0.4, -0.2) is 87.8 Å². The lowest BCUT2D eigenvalue weighted by Gasteiger charge is -2.36. The van der Waals surface area contributed by atoms with Gasteiger partial charge in [0.1, 0.15) is 0 Å². The largest absolute Gasteiger partial charge is 0.493 e. The normalized spacial score (nSPS) is 19.5. The number of benzene rings is 1. The fraction of sp³-hybridized carbons (Fsp3) is 0.733. The van der Waals surface area contributed by atoms with Gasteiger partial charge in [-0.05, 0) is 62.6 Å². The minimum Gasteiger partial charge on any atom is -0.493 e. The van der Waals surface area contributed by atoms with E-state index in [0.717, 1.165) is 51.9 Å². The summed E-state index contributed by atoms with van der Waals surface area (Å²) in [5, 5.41) is 3.54. The van der Waals surface area contributed by atoms with Crippen molar-refractivity contribution in [3.05, 3.63) is 23.8 Å². The zero-order valence-corrected chi connectivity index (χ0v) is 24.3. The molecule has 8 nitrogen and oxygen atoms in total. The molecule has 1 aliphatic heterocycles. The van der Waals surface area contributed by atoms with Crippen molar-refractivity contribution in [1.82, 2.24) is 15.1 Å². The summed E-state index contributed by atoms with van der Waals surface area (Å²) in [5.41, 5.74) is 0.588. The quantitative estimate of drug-likeness (QED) is 0.344. The van der Waals surface area contributed by atoms with Gasteiger partial charge < -0.3 is 29.3 Å². The molecule has 214 valence electrons. The molecule has 1 saturated heterocycles. The highest BCUT2D eigenvalue weighted by Gasteiger charge is 2.36. The van der Waals surface area contributed by atoms with E-state index < -0.39 is 0 Å². The molecule has 0 radical (unpaired) electrons. The number of hydrogen-bond donors (Lipinski definition) is 1. The van der Waals surface area contributed by atoms with Gasteiger partial charge in [0.25, 0.3) is 5.91 Å². The van der Waals surface area contributed by atoms with E-state index in [1.807, 2.05) is 11.0 Å². The molecule has 1 N–H and O–H groups in total. The molecule has 1 aliphatic carbocycles. The van der Waals surface area contributed by atoms with Crippen LogP contribution in [0.3, 0.4) is 0 Å². The van der Waals surface area contributed by atoms with Crippen molar-refractivity contribution in [2.75, 3.05) is 60.2 Å². The Morgan fingerprint density at radius 1 is 1.00 bits per heavy atom. The van der Waals surface area contributed by atoms with Crippen LogP contribution in [0.1, 0.15) is 63.7 Å². The fourth-order valence-electron chi connectivity index (χ4n) is 5.36. The van der Waals surface area contributed by atoms with Crippen molar-refractivity contribution < 1.29 is 23.8 Å². The van der Waals surface area contributed by atoms with Crippen molar-refractivity contribution in [3.63, 3.8) is 0 Å². The molecule has 2 amide bonds. The first-order valence-electron chi connectivity index (χ1n) is 14.3. The third-order valence-corrected chi connectivity index (χ3v) is 7.76. The molecule has 1 heterocycles. The van der Waals surface area contributed by atoms with Crippen molar-refractivity contribution in [3.8, 4) is 11.5 Å². The smallest absolute Gasteiger partial charge is 0.254 e. The van der Waals surface area contributed by atoms with Gasteiger partial charge in [-0.25, -0.2) is 0 Å². The molecular formula is C30H49N3O5. The van der Waals surface area contributed by atoms with Crippen molar-refractivity contribution in [2.24, 2.45) is 23.7 Å². The van der Waals surface area contributed by atoms with Crippen molar-refractivity contribution >= 4 is 11.8 Å². The summed E-state index contributed by atoms with van der Waals surface area (Å²) in [7, 11) is 3.27. The number of hydrogen-bond acceptors (Lipinski definition) is 6. The molecule has 38 heavy (non-hydrogen) atoms. The van der Waals surface area contributed by atoms with E-state index >= 15 is 0 Å². The standard InChI is InChI=1S/C30H49N3O5/c1-21(2)18-32(29(34)23-9-7-10-23)19-25-16-31-17-26(25)20-33(22(3)4)30(35)24-11-12-27(37-6)28(15-24)38-14-8-13-36-5/h11-12,15,21-23,25-26,31H,7-10,13-14,16-20H2,1-6H3/t25-,26-/m0/s1. The van der Waals surface area contributed by atoms with Gasteiger partial charge in [0.2, 0.25) is 5.91 Å². The minimum absolute atomic E-state index is 0.0142. The Morgan fingerprint density at radius 3 is 2.29 bits per heavy atom. The highest BCUT2D eigenvalue weighted by Crippen LogP contribution is 2.31. The summed E-state index contributed by atoms with van der Waals surface area (Å²) >= 11 is 0. The highest BCUT2D eigenvalue weighted by molar-refractivity contribution is 5.95. The van der Waals surface area contributed by atoms with Gasteiger partial charge in [-0.15, -0.1) is 0 Å². The Bertz CT molecular complexity index is 902. The van der Waals surface area contributed by atoms with Crippen LogP contribution in [0.25, 0.3) is 0 Å². The lowest BCUT2D eigenvalue weighted by Crippen LogP contribution is -2.47. The highest BCUT2D eigenvalue weighted by atomic mass is 16.5. The topological polar surface area (TPSA) is 80.3 Å². The molecule has 0 aromatic heterocycles. The van der Waals surface area contributed by atoms with E-state index in [2.05, 4.69) is 37.9 Å². The third-order valence-electron chi connectivity index (χ3n) is 7.76.